The lowest BCUT2D eigenvalue weighted by atomic mass is 9.92. The number of hydrazine groups is 1. The van der Waals surface area contributed by atoms with Crippen molar-refractivity contribution >= 4 is 24.0 Å². The van der Waals surface area contributed by atoms with Gasteiger partial charge in [-0.1, -0.05) is 31.7 Å². The van der Waals surface area contributed by atoms with Crippen LogP contribution >= 0.6 is 0 Å². The van der Waals surface area contributed by atoms with E-state index in [1.807, 2.05) is 0 Å². The highest BCUT2D eigenvalue weighted by Gasteiger charge is 2.40. The van der Waals surface area contributed by atoms with Crippen LogP contribution in [0, 0.1) is 17.0 Å². The van der Waals surface area contributed by atoms with Gasteiger partial charge in [0.25, 0.3) is 5.82 Å². The molecule has 1 aromatic heterocycles. The Hall–Kier alpha value is -2.72. The zero-order valence-corrected chi connectivity index (χ0v) is 16.2. The fourth-order valence-electron chi connectivity index (χ4n) is 4.14. The van der Waals surface area contributed by atoms with Crippen molar-refractivity contribution in [2.75, 3.05) is 18.4 Å². The summed E-state index contributed by atoms with van der Waals surface area (Å²) in [4.78, 5) is 36.8. The Bertz CT molecular complexity index is 739. The van der Waals surface area contributed by atoms with Gasteiger partial charge in [0.05, 0.1) is 18.7 Å². The predicted molar refractivity (Wildman–Crippen MR) is 102 cm³/mol. The maximum Gasteiger partial charge on any atom is 0.331 e. The van der Waals surface area contributed by atoms with Crippen LogP contribution in [0.25, 0.3) is 0 Å². The summed E-state index contributed by atoms with van der Waals surface area (Å²) >= 11 is 0. The monoisotopic (exact) mass is 405 g/mol. The maximum atomic E-state index is 13.2. The van der Waals surface area contributed by atoms with Crippen LogP contribution in [0.4, 0.5) is 5.82 Å². The molecule has 0 radical (unpaired) electrons. The number of hydroxylamine groups is 2. The average molecular weight is 405 g/mol. The van der Waals surface area contributed by atoms with Crippen LogP contribution < -0.4 is 15.5 Å². The molecule has 0 unspecified atom stereocenters. The van der Waals surface area contributed by atoms with Gasteiger partial charge < -0.3 is 5.21 Å². The highest BCUT2D eigenvalue weighted by atomic mass is 16.5. The SMILES string of the molecule is O=CN(O)C[C@@H](CC1CCCC1)C(=O)N1NCC[C@H]1C(=O)Nc1cccc[n+]1[O-]. The molecule has 10 heteroatoms. The summed E-state index contributed by atoms with van der Waals surface area (Å²) in [6.45, 7) is 0.313. The second-order valence-corrected chi connectivity index (χ2v) is 7.63. The number of carbonyl (C=O) groups is 3. The van der Waals surface area contributed by atoms with Gasteiger partial charge in [0.2, 0.25) is 12.3 Å². The Morgan fingerprint density at radius 1 is 1.38 bits per heavy atom. The predicted octanol–water partition coefficient (Wildman–Crippen LogP) is 0.408. The van der Waals surface area contributed by atoms with E-state index in [9.17, 15) is 24.8 Å². The zero-order valence-electron chi connectivity index (χ0n) is 16.2. The van der Waals surface area contributed by atoms with E-state index in [1.165, 1.54) is 17.3 Å². The molecule has 1 aliphatic heterocycles. The van der Waals surface area contributed by atoms with Crippen LogP contribution in [0.5, 0.6) is 0 Å². The number of anilines is 1. The lowest BCUT2D eigenvalue weighted by Crippen LogP contribution is -2.52. The molecule has 3 rings (SSSR count). The van der Waals surface area contributed by atoms with Crippen molar-refractivity contribution in [1.82, 2.24) is 15.5 Å². The van der Waals surface area contributed by atoms with Crippen molar-refractivity contribution in [3.05, 3.63) is 29.6 Å². The van der Waals surface area contributed by atoms with Crippen molar-refractivity contribution in [2.24, 2.45) is 11.8 Å². The van der Waals surface area contributed by atoms with E-state index < -0.39 is 17.9 Å². The van der Waals surface area contributed by atoms with E-state index in [2.05, 4.69) is 10.7 Å². The molecule has 1 aromatic rings. The van der Waals surface area contributed by atoms with E-state index in [0.29, 0.717) is 35.1 Å². The molecule has 3 N–H and O–H groups in total. The molecule has 0 bridgehead atoms. The lowest BCUT2D eigenvalue weighted by Gasteiger charge is -2.29. The van der Waals surface area contributed by atoms with Gasteiger partial charge in [-0.2, -0.15) is 0 Å². The summed E-state index contributed by atoms with van der Waals surface area (Å²) in [5.41, 5.74) is 2.93. The van der Waals surface area contributed by atoms with E-state index in [0.717, 1.165) is 25.7 Å². The van der Waals surface area contributed by atoms with Gasteiger partial charge in [-0.15, -0.1) is 0 Å². The molecule has 2 fully saturated rings. The number of rotatable bonds is 8. The van der Waals surface area contributed by atoms with Crippen molar-refractivity contribution in [3.63, 3.8) is 0 Å². The Morgan fingerprint density at radius 3 is 2.83 bits per heavy atom. The van der Waals surface area contributed by atoms with Gasteiger partial charge in [-0.25, -0.2) is 25.3 Å². The van der Waals surface area contributed by atoms with E-state index >= 15 is 0 Å². The molecular formula is C19H27N5O5. The highest BCUT2D eigenvalue weighted by molar-refractivity contribution is 5.96. The molecule has 1 aliphatic carbocycles. The first-order valence-electron chi connectivity index (χ1n) is 9.96. The van der Waals surface area contributed by atoms with Gasteiger partial charge in [-0.05, 0) is 24.8 Å². The average Bonchev–Trinajstić information content (AvgIpc) is 3.40. The van der Waals surface area contributed by atoms with Gasteiger partial charge in [0, 0.05) is 12.6 Å². The number of hydrogen-bond acceptors (Lipinski definition) is 6. The Labute approximate surface area is 169 Å². The number of carbonyl (C=O) groups excluding carboxylic acids is 3. The minimum Gasteiger partial charge on any atom is -0.711 e. The molecule has 1 saturated carbocycles. The van der Waals surface area contributed by atoms with Crippen molar-refractivity contribution in [3.8, 4) is 0 Å². The van der Waals surface area contributed by atoms with Crippen LogP contribution in [0.2, 0.25) is 0 Å². The van der Waals surface area contributed by atoms with Crippen LogP contribution in [0.3, 0.4) is 0 Å². The zero-order chi connectivity index (χ0) is 20.8. The largest absolute Gasteiger partial charge is 0.711 e. The molecule has 0 spiro atoms. The third-order valence-electron chi connectivity index (χ3n) is 5.60. The fourth-order valence-corrected chi connectivity index (χ4v) is 4.14. The Kier molecular flexibility index (Phi) is 6.99. The Balaban J connectivity index is 1.70. The molecule has 29 heavy (non-hydrogen) atoms. The van der Waals surface area contributed by atoms with Crippen molar-refractivity contribution < 1.29 is 24.3 Å². The summed E-state index contributed by atoms with van der Waals surface area (Å²) in [6.07, 6.45) is 6.77. The minimum atomic E-state index is -0.780. The molecule has 3 amide bonds. The number of hydrogen-bond donors (Lipinski definition) is 3. The van der Waals surface area contributed by atoms with Gasteiger partial charge >= 0.3 is 5.91 Å². The first-order valence-corrected chi connectivity index (χ1v) is 9.96. The molecule has 2 heterocycles. The maximum absolute atomic E-state index is 13.2. The third-order valence-corrected chi connectivity index (χ3v) is 5.60. The fraction of sp³-hybridized carbons (Fsp3) is 0.579. The summed E-state index contributed by atoms with van der Waals surface area (Å²) in [5.74, 6) is -0.965. The molecule has 158 valence electrons. The minimum absolute atomic E-state index is 0.0850. The van der Waals surface area contributed by atoms with Crippen LogP contribution in [0.15, 0.2) is 24.4 Å². The summed E-state index contributed by atoms with van der Waals surface area (Å²) in [7, 11) is 0. The summed E-state index contributed by atoms with van der Waals surface area (Å²) in [5, 5.41) is 25.8. The van der Waals surface area contributed by atoms with E-state index in [1.54, 1.807) is 12.1 Å². The lowest BCUT2D eigenvalue weighted by molar-refractivity contribution is -0.590. The molecule has 1 saturated heterocycles. The summed E-state index contributed by atoms with van der Waals surface area (Å²) < 4.78 is 0.545. The molecule has 0 aromatic carbocycles. The Morgan fingerprint density at radius 2 is 2.14 bits per heavy atom. The molecular weight excluding hydrogens is 378 g/mol. The number of amides is 3. The van der Waals surface area contributed by atoms with Crippen LogP contribution in [0.1, 0.15) is 38.5 Å². The number of pyridine rings is 1. The smallest absolute Gasteiger partial charge is 0.331 e. The molecule has 2 aliphatic rings. The standard InChI is InChI=1S/C19H27N5O5/c25-13-22(28)12-15(11-14-5-1-2-6-14)19(27)24-16(8-9-20-24)18(26)21-17-7-3-4-10-23(17)29/h3-4,7,10,13-16,20,28H,1-2,5-6,8-9,11-12H2,(H,21,26)/t15-,16+/m1/s1. The molecule has 2 atom stereocenters. The second-order valence-electron chi connectivity index (χ2n) is 7.63. The number of nitrogens with one attached hydrogen (secondary N) is 2. The number of nitrogens with zero attached hydrogens (tertiary/aromatic N) is 3. The van der Waals surface area contributed by atoms with Gasteiger partial charge in [-0.3, -0.25) is 19.8 Å². The topological polar surface area (TPSA) is 129 Å². The van der Waals surface area contributed by atoms with Crippen molar-refractivity contribution in [2.45, 2.75) is 44.6 Å². The van der Waals surface area contributed by atoms with E-state index in [4.69, 9.17) is 0 Å². The second kappa shape index (κ2) is 9.66. The van der Waals surface area contributed by atoms with Crippen molar-refractivity contribution in [1.29, 1.82) is 0 Å². The first kappa shape index (κ1) is 21.0. The summed E-state index contributed by atoms with van der Waals surface area (Å²) in [6, 6.07) is 3.89. The van der Waals surface area contributed by atoms with E-state index in [-0.39, 0.29) is 24.7 Å². The quantitative estimate of drug-likeness (QED) is 0.189. The third kappa shape index (κ3) is 5.21. The van der Waals surface area contributed by atoms with Crippen LogP contribution in [-0.2, 0) is 14.4 Å². The van der Waals surface area contributed by atoms with Gasteiger partial charge in [0.15, 0.2) is 6.04 Å². The number of aromatic nitrogens is 1. The van der Waals surface area contributed by atoms with Gasteiger partial charge in [0.1, 0.15) is 0 Å². The molecule has 10 nitrogen and oxygen atoms in total. The highest BCUT2D eigenvalue weighted by Crippen LogP contribution is 2.31. The normalized spacial score (nSPS) is 20.4. The first-order chi connectivity index (χ1) is 14.0. The van der Waals surface area contributed by atoms with Crippen LogP contribution in [-0.4, -0.2) is 52.6 Å².